The minimum atomic E-state index is -0.854. The predicted octanol–water partition coefficient (Wildman–Crippen LogP) is 2.29. The average molecular weight is 321 g/mol. The predicted molar refractivity (Wildman–Crippen MR) is 83.8 cm³/mol. The van der Waals surface area contributed by atoms with Crippen molar-refractivity contribution in [2.75, 3.05) is 19.8 Å². The summed E-state index contributed by atoms with van der Waals surface area (Å²) in [6.07, 6.45) is 8.43. The number of morpholine rings is 1. The molecule has 5 rings (SSSR count). The van der Waals surface area contributed by atoms with Crippen LogP contribution >= 0.6 is 0 Å². The molecule has 0 aromatic heterocycles. The Morgan fingerprint density at radius 1 is 1.09 bits per heavy atom. The van der Waals surface area contributed by atoms with Gasteiger partial charge in [-0.2, -0.15) is 0 Å². The fourth-order valence-corrected chi connectivity index (χ4v) is 6.28. The van der Waals surface area contributed by atoms with Crippen LogP contribution in [0.5, 0.6) is 0 Å². The minimum absolute atomic E-state index is 0.00733. The lowest BCUT2D eigenvalue weighted by atomic mass is 9.49. The van der Waals surface area contributed by atoms with Crippen molar-refractivity contribution in [2.45, 2.75) is 57.4 Å². The van der Waals surface area contributed by atoms with Gasteiger partial charge in [0.2, 0.25) is 5.91 Å². The number of amides is 1. The molecule has 1 saturated heterocycles. The zero-order valence-electron chi connectivity index (χ0n) is 13.7. The zero-order chi connectivity index (χ0) is 16.0. The molecule has 128 valence electrons. The maximum absolute atomic E-state index is 13.0. The third-order valence-corrected chi connectivity index (χ3v) is 6.65. The van der Waals surface area contributed by atoms with Crippen LogP contribution in [0.15, 0.2) is 0 Å². The van der Waals surface area contributed by atoms with Crippen LogP contribution in [-0.4, -0.2) is 47.7 Å². The second-order valence-corrected chi connectivity index (χ2v) is 8.51. The van der Waals surface area contributed by atoms with E-state index in [4.69, 9.17) is 9.84 Å². The van der Waals surface area contributed by atoms with Gasteiger partial charge in [0.05, 0.1) is 25.7 Å². The molecule has 5 heteroatoms. The number of rotatable bonds is 4. The van der Waals surface area contributed by atoms with Crippen molar-refractivity contribution in [1.82, 2.24) is 4.90 Å². The highest BCUT2D eigenvalue weighted by Gasteiger charge is 2.52. The van der Waals surface area contributed by atoms with Gasteiger partial charge in [-0.15, -0.1) is 0 Å². The molecule has 1 aliphatic heterocycles. The van der Waals surface area contributed by atoms with Crippen molar-refractivity contribution < 1.29 is 19.4 Å². The number of carbonyl (C=O) groups excluding carboxylic acids is 1. The minimum Gasteiger partial charge on any atom is -0.481 e. The van der Waals surface area contributed by atoms with Crippen LogP contribution in [-0.2, 0) is 14.3 Å². The molecule has 4 aliphatic carbocycles. The number of hydrogen-bond acceptors (Lipinski definition) is 3. The highest BCUT2D eigenvalue weighted by molar-refractivity contribution is 5.78. The van der Waals surface area contributed by atoms with Gasteiger partial charge in [-0.3, -0.25) is 9.59 Å². The van der Waals surface area contributed by atoms with Crippen LogP contribution < -0.4 is 0 Å². The van der Waals surface area contributed by atoms with Crippen molar-refractivity contribution in [1.29, 1.82) is 0 Å². The Labute approximate surface area is 137 Å². The van der Waals surface area contributed by atoms with Crippen molar-refractivity contribution in [2.24, 2.45) is 23.2 Å². The van der Waals surface area contributed by atoms with E-state index in [2.05, 4.69) is 0 Å². The van der Waals surface area contributed by atoms with Crippen LogP contribution in [0.25, 0.3) is 0 Å². The molecule has 1 atom stereocenters. The Bertz CT molecular complexity index is 468. The lowest BCUT2D eigenvalue weighted by Crippen LogP contribution is -2.53. The summed E-state index contributed by atoms with van der Waals surface area (Å²) in [6, 6.07) is -0.289. The summed E-state index contributed by atoms with van der Waals surface area (Å²) in [5, 5.41) is 9.07. The lowest BCUT2D eigenvalue weighted by molar-refractivity contribution is -0.151. The highest BCUT2D eigenvalue weighted by Crippen LogP contribution is 2.61. The Morgan fingerprint density at radius 3 is 2.26 bits per heavy atom. The van der Waals surface area contributed by atoms with Gasteiger partial charge in [-0.1, -0.05) is 0 Å². The normalized spacial score (nSPS) is 42.0. The van der Waals surface area contributed by atoms with Gasteiger partial charge in [-0.05, 0) is 61.7 Å². The monoisotopic (exact) mass is 321 g/mol. The second-order valence-electron chi connectivity index (χ2n) is 8.51. The van der Waals surface area contributed by atoms with Gasteiger partial charge in [0.1, 0.15) is 0 Å². The first kappa shape index (κ1) is 15.4. The molecule has 5 nitrogen and oxygen atoms in total. The molecule has 0 aromatic rings. The Hall–Kier alpha value is -1.10. The van der Waals surface area contributed by atoms with E-state index in [1.165, 1.54) is 38.5 Å². The molecule has 1 amide bonds. The summed E-state index contributed by atoms with van der Waals surface area (Å²) in [5.74, 6) is 1.84. The van der Waals surface area contributed by atoms with Crippen LogP contribution in [0.1, 0.15) is 51.4 Å². The summed E-state index contributed by atoms with van der Waals surface area (Å²) in [4.78, 5) is 25.8. The number of aliphatic carboxylic acids is 1. The van der Waals surface area contributed by atoms with Gasteiger partial charge in [0, 0.05) is 13.0 Å². The molecule has 5 fully saturated rings. The third kappa shape index (κ3) is 3.00. The summed E-state index contributed by atoms with van der Waals surface area (Å²) < 4.78 is 5.40. The van der Waals surface area contributed by atoms with Crippen LogP contribution in [0, 0.1) is 23.2 Å². The topological polar surface area (TPSA) is 66.8 Å². The Balaban J connectivity index is 1.45. The Kier molecular flexibility index (Phi) is 3.87. The molecule has 4 bridgehead atoms. The van der Waals surface area contributed by atoms with Gasteiger partial charge in [-0.25, -0.2) is 0 Å². The fourth-order valence-electron chi connectivity index (χ4n) is 6.28. The number of hydrogen-bond donors (Lipinski definition) is 1. The van der Waals surface area contributed by atoms with E-state index >= 15 is 0 Å². The van der Waals surface area contributed by atoms with Gasteiger partial charge >= 0.3 is 5.97 Å². The maximum atomic E-state index is 13.0. The van der Waals surface area contributed by atoms with E-state index in [1.807, 2.05) is 0 Å². The summed E-state index contributed by atoms with van der Waals surface area (Å²) >= 11 is 0. The maximum Gasteiger partial charge on any atom is 0.305 e. The van der Waals surface area contributed by atoms with Crippen molar-refractivity contribution >= 4 is 11.9 Å². The summed E-state index contributed by atoms with van der Waals surface area (Å²) in [7, 11) is 0. The largest absolute Gasteiger partial charge is 0.481 e. The van der Waals surface area contributed by atoms with Gasteiger partial charge in [0.25, 0.3) is 0 Å². The number of carbonyl (C=O) groups is 2. The molecular weight excluding hydrogens is 294 g/mol. The summed E-state index contributed by atoms with van der Waals surface area (Å²) in [5.41, 5.74) is 0.220. The first-order valence-corrected chi connectivity index (χ1v) is 9.12. The molecule has 0 spiro atoms. The van der Waals surface area contributed by atoms with Crippen molar-refractivity contribution in [3.05, 3.63) is 0 Å². The number of carboxylic acid groups (broad SMARTS) is 1. The van der Waals surface area contributed by atoms with E-state index in [1.54, 1.807) is 4.90 Å². The average Bonchev–Trinajstić information content (AvgIpc) is 2.45. The molecule has 4 saturated carbocycles. The van der Waals surface area contributed by atoms with Gasteiger partial charge in [0.15, 0.2) is 0 Å². The Morgan fingerprint density at radius 2 is 1.70 bits per heavy atom. The SMILES string of the molecule is O=C(O)C[C@@H]1COCCN1C(=O)CC12CC3CC(CC(C3)C1)C2. The van der Waals surface area contributed by atoms with E-state index in [-0.39, 0.29) is 23.8 Å². The molecule has 1 N–H and O–H groups in total. The molecule has 0 aromatic carbocycles. The molecular formula is C18H27NO4. The van der Waals surface area contributed by atoms with E-state index < -0.39 is 5.97 Å². The fraction of sp³-hybridized carbons (Fsp3) is 0.889. The number of nitrogens with zero attached hydrogens (tertiary/aromatic N) is 1. The number of carboxylic acids is 1. The smallest absolute Gasteiger partial charge is 0.305 e. The molecule has 5 aliphatic rings. The molecule has 0 radical (unpaired) electrons. The third-order valence-electron chi connectivity index (χ3n) is 6.65. The van der Waals surface area contributed by atoms with E-state index in [0.29, 0.717) is 26.2 Å². The molecule has 0 unspecified atom stereocenters. The van der Waals surface area contributed by atoms with Crippen LogP contribution in [0.2, 0.25) is 0 Å². The zero-order valence-corrected chi connectivity index (χ0v) is 13.7. The van der Waals surface area contributed by atoms with Gasteiger partial charge < -0.3 is 14.7 Å². The molecule has 1 heterocycles. The van der Waals surface area contributed by atoms with Crippen LogP contribution in [0.4, 0.5) is 0 Å². The van der Waals surface area contributed by atoms with E-state index in [0.717, 1.165) is 17.8 Å². The van der Waals surface area contributed by atoms with Crippen LogP contribution in [0.3, 0.4) is 0 Å². The van der Waals surface area contributed by atoms with E-state index in [9.17, 15) is 9.59 Å². The second kappa shape index (κ2) is 5.76. The first-order valence-electron chi connectivity index (χ1n) is 9.12. The summed E-state index contributed by atoms with van der Waals surface area (Å²) in [6.45, 7) is 1.44. The van der Waals surface area contributed by atoms with Crippen molar-refractivity contribution in [3.8, 4) is 0 Å². The lowest BCUT2D eigenvalue weighted by Gasteiger charge is -2.57. The highest BCUT2D eigenvalue weighted by atomic mass is 16.5. The molecule has 23 heavy (non-hydrogen) atoms. The first-order chi connectivity index (χ1) is 11.0. The quantitative estimate of drug-likeness (QED) is 0.863. The number of ether oxygens (including phenoxy) is 1. The standard InChI is InChI=1S/C18H27NO4/c20-16(19-1-2-23-11-15(19)6-17(21)22)10-18-7-12-3-13(8-18)5-14(4-12)9-18/h12-15H,1-11H2,(H,21,22)/t12?,13?,14?,15-,18?/m1/s1. The van der Waals surface area contributed by atoms with Crippen molar-refractivity contribution in [3.63, 3.8) is 0 Å².